The maximum atomic E-state index is 11.6. The van der Waals surface area contributed by atoms with Gasteiger partial charge in [0.15, 0.2) is 0 Å². The highest BCUT2D eigenvalue weighted by Crippen LogP contribution is 2.17. The molecule has 1 aliphatic rings. The SMILES string of the molecule is CCN(CC)C(=O)C(=O)NC1CCCC1. The molecule has 4 nitrogen and oxygen atoms in total. The summed E-state index contributed by atoms with van der Waals surface area (Å²) in [6, 6.07) is 0.219. The van der Waals surface area contributed by atoms with Crippen LogP contribution in [0.15, 0.2) is 0 Å². The number of hydrogen-bond donors (Lipinski definition) is 1. The summed E-state index contributed by atoms with van der Waals surface area (Å²) < 4.78 is 0. The van der Waals surface area contributed by atoms with E-state index in [-0.39, 0.29) is 6.04 Å². The van der Waals surface area contributed by atoms with Crippen LogP contribution in [0.2, 0.25) is 0 Å². The fraction of sp³-hybridized carbons (Fsp3) is 0.818. The first-order chi connectivity index (χ1) is 7.19. The largest absolute Gasteiger partial charge is 0.345 e. The Kier molecular flexibility index (Phi) is 4.59. The van der Waals surface area contributed by atoms with Gasteiger partial charge in [0.1, 0.15) is 0 Å². The fourth-order valence-corrected chi connectivity index (χ4v) is 1.97. The Morgan fingerprint density at radius 2 is 1.73 bits per heavy atom. The van der Waals surface area contributed by atoms with Crippen molar-refractivity contribution >= 4 is 11.8 Å². The standard InChI is InChI=1S/C11H20N2O2/c1-3-13(4-2)11(15)10(14)12-9-7-5-6-8-9/h9H,3-8H2,1-2H3,(H,12,14). The van der Waals surface area contributed by atoms with Gasteiger partial charge in [-0.3, -0.25) is 9.59 Å². The van der Waals surface area contributed by atoms with Crippen molar-refractivity contribution in [1.29, 1.82) is 0 Å². The van der Waals surface area contributed by atoms with Crippen LogP contribution in [0.25, 0.3) is 0 Å². The Hall–Kier alpha value is -1.06. The van der Waals surface area contributed by atoms with Gasteiger partial charge in [-0.1, -0.05) is 12.8 Å². The second-order valence-corrected chi connectivity index (χ2v) is 3.93. The van der Waals surface area contributed by atoms with Gasteiger partial charge in [-0.25, -0.2) is 0 Å². The second-order valence-electron chi connectivity index (χ2n) is 3.93. The molecule has 0 aromatic heterocycles. The lowest BCUT2D eigenvalue weighted by Crippen LogP contribution is -2.45. The monoisotopic (exact) mass is 212 g/mol. The van der Waals surface area contributed by atoms with Crippen LogP contribution in [0.4, 0.5) is 0 Å². The molecule has 1 saturated carbocycles. The van der Waals surface area contributed by atoms with Crippen LogP contribution in [0.5, 0.6) is 0 Å². The molecule has 0 unspecified atom stereocenters. The molecule has 15 heavy (non-hydrogen) atoms. The van der Waals surface area contributed by atoms with Crippen LogP contribution >= 0.6 is 0 Å². The molecule has 0 aromatic carbocycles. The Bertz CT molecular complexity index is 231. The Balaban J connectivity index is 2.41. The van der Waals surface area contributed by atoms with E-state index >= 15 is 0 Å². The summed E-state index contributed by atoms with van der Waals surface area (Å²) in [5.74, 6) is -0.836. The first-order valence-corrected chi connectivity index (χ1v) is 5.78. The molecule has 1 aliphatic carbocycles. The van der Waals surface area contributed by atoms with Crippen molar-refractivity contribution in [1.82, 2.24) is 10.2 Å². The van der Waals surface area contributed by atoms with Crippen molar-refractivity contribution in [2.75, 3.05) is 13.1 Å². The van der Waals surface area contributed by atoms with E-state index in [1.165, 1.54) is 0 Å². The summed E-state index contributed by atoms with van der Waals surface area (Å²) in [6.45, 7) is 4.94. The highest BCUT2D eigenvalue weighted by molar-refractivity contribution is 6.35. The van der Waals surface area contributed by atoms with Crippen LogP contribution < -0.4 is 5.32 Å². The van der Waals surface area contributed by atoms with E-state index in [4.69, 9.17) is 0 Å². The van der Waals surface area contributed by atoms with Gasteiger partial charge >= 0.3 is 11.8 Å². The number of carbonyl (C=O) groups excluding carboxylic acids is 2. The smallest absolute Gasteiger partial charge is 0.311 e. The molecule has 4 heteroatoms. The normalized spacial score (nSPS) is 16.4. The third kappa shape index (κ3) is 3.22. The Morgan fingerprint density at radius 3 is 2.20 bits per heavy atom. The molecular weight excluding hydrogens is 192 g/mol. The van der Waals surface area contributed by atoms with Gasteiger partial charge < -0.3 is 10.2 Å². The first-order valence-electron chi connectivity index (χ1n) is 5.78. The lowest BCUT2D eigenvalue weighted by molar-refractivity contribution is -0.146. The van der Waals surface area contributed by atoms with Crippen LogP contribution in [0, 0.1) is 0 Å². The number of hydrogen-bond acceptors (Lipinski definition) is 2. The second kappa shape index (κ2) is 5.73. The summed E-state index contributed by atoms with van der Waals surface area (Å²) in [5, 5.41) is 2.80. The van der Waals surface area contributed by atoms with E-state index in [0.29, 0.717) is 13.1 Å². The molecule has 0 heterocycles. The molecule has 0 spiro atoms. The van der Waals surface area contributed by atoms with Crippen LogP contribution in [0.1, 0.15) is 39.5 Å². The van der Waals surface area contributed by atoms with Crippen molar-refractivity contribution in [3.8, 4) is 0 Å². The summed E-state index contributed by atoms with van der Waals surface area (Å²) in [6.07, 6.45) is 4.34. The van der Waals surface area contributed by atoms with Gasteiger partial charge in [0.05, 0.1) is 0 Å². The number of rotatable bonds is 3. The highest BCUT2D eigenvalue weighted by atomic mass is 16.2. The van der Waals surface area contributed by atoms with Crippen molar-refractivity contribution in [3.63, 3.8) is 0 Å². The van der Waals surface area contributed by atoms with E-state index in [1.807, 2.05) is 13.8 Å². The van der Waals surface area contributed by atoms with Crippen LogP contribution in [-0.2, 0) is 9.59 Å². The molecule has 0 saturated heterocycles. The molecule has 1 fully saturated rings. The Morgan fingerprint density at radius 1 is 1.20 bits per heavy atom. The quantitative estimate of drug-likeness (QED) is 0.707. The zero-order valence-electron chi connectivity index (χ0n) is 9.58. The third-order valence-electron chi connectivity index (χ3n) is 2.94. The summed E-state index contributed by atoms with van der Waals surface area (Å²) in [5.41, 5.74) is 0. The van der Waals surface area contributed by atoms with E-state index in [0.717, 1.165) is 25.7 Å². The Labute approximate surface area is 91.0 Å². The molecular formula is C11H20N2O2. The summed E-state index contributed by atoms with van der Waals surface area (Å²) >= 11 is 0. The molecule has 0 radical (unpaired) electrons. The molecule has 2 amide bonds. The van der Waals surface area contributed by atoms with E-state index < -0.39 is 11.8 Å². The minimum atomic E-state index is -0.439. The van der Waals surface area contributed by atoms with Crippen LogP contribution in [0.3, 0.4) is 0 Å². The van der Waals surface area contributed by atoms with Gasteiger partial charge in [0.25, 0.3) is 0 Å². The van der Waals surface area contributed by atoms with Gasteiger partial charge in [-0.15, -0.1) is 0 Å². The fourth-order valence-electron chi connectivity index (χ4n) is 1.97. The lowest BCUT2D eigenvalue weighted by atomic mass is 10.2. The predicted molar refractivity (Wildman–Crippen MR) is 58.3 cm³/mol. The van der Waals surface area contributed by atoms with E-state index in [9.17, 15) is 9.59 Å². The average molecular weight is 212 g/mol. The van der Waals surface area contributed by atoms with Crippen LogP contribution in [-0.4, -0.2) is 35.8 Å². The van der Waals surface area contributed by atoms with Gasteiger partial charge in [-0.05, 0) is 26.7 Å². The minimum Gasteiger partial charge on any atom is -0.345 e. The molecule has 0 atom stereocenters. The molecule has 0 bridgehead atoms. The molecule has 1 N–H and O–H groups in total. The molecule has 1 rings (SSSR count). The number of likely N-dealkylation sites (N-methyl/N-ethyl adjacent to an activating group) is 1. The highest BCUT2D eigenvalue weighted by Gasteiger charge is 2.23. The summed E-state index contributed by atoms with van der Waals surface area (Å²) in [7, 11) is 0. The average Bonchev–Trinajstić information content (AvgIpc) is 2.72. The third-order valence-corrected chi connectivity index (χ3v) is 2.94. The molecule has 86 valence electrons. The molecule has 0 aliphatic heterocycles. The van der Waals surface area contributed by atoms with Crippen molar-refractivity contribution in [3.05, 3.63) is 0 Å². The summed E-state index contributed by atoms with van der Waals surface area (Å²) in [4.78, 5) is 24.7. The zero-order valence-corrected chi connectivity index (χ0v) is 9.58. The number of nitrogens with zero attached hydrogens (tertiary/aromatic N) is 1. The number of nitrogens with one attached hydrogen (secondary N) is 1. The number of carbonyl (C=O) groups is 2. The maximum absolute atomic E-state index is 11.6. The number of amides is 2. The van der Waals surface area contributed by atoms with Crippen molar-refractivity contribution < 1.29 is 9.59 Å². The topological polar surface area (TPSA) is 49.4 Å². The van der Waals surface area contributed by atoms with E-state index in [1.54, 1.807) is 4.90 Å². The van der Waals surface area contributed by atoms with E-state index in [2.05, 4.69) is 5.32 Å². The minimum absolute atomic E-state index is 0.219. The van der Waals surface area contributed by atoms with Gasteiger partial charge in [-0.2, -0.15) is 0 Å². The lowest BCUT2D eigenvalue weighted by Gasteiger charge is -2.19. The van der Waals surface area contributed by atoms with Gasteiger partial charge in [0, 0.05) is 19.1 Å². The van der Waals surface area contributed by atoms with Crippen molar-refractivity contribution in [2.24, 2.45) is 0 Å². The van der Waals surface area contributed by atoms with Crippen molar-refractivity contribution in [2.45, 2.75) is 45.6 Å². The first kappa shape index (κ1) is 12.0. The predicted octanol–water partition coefficient (Wildman–Crippen LogP) is 0.914. The van der Waals surface area contributed by atoms with Gasteiger partial charge in [0.2, 0.25) is 0 Å². The zero-order chi connectivity index (χ0) is 11.3. The maximum Gasteiger partial charge on any atom is 0.311 e. The molecule has 0 aromatic rings.